The smallest absolute Gasteiger partial charge is 0.203 e. The van der Waals surface area contributed by atoms with Gasteiger partial charge < -0.3 is 4.74 Å². The minimum atomic E-state index is 0.126. The molecular formula is C17H16O2S2. The summed E-state index contributed by atoms with van der Waals surface area (Å²) in [7, 11) is 0. The van der Waals surface area contributed by atoms with Crippen LogP contribution in [-0.2, 0) is 12.2 Å². The summed E-state index contributed by atoms with van der Waals surface area (Å²) >= 11 is 3.62. The molecule has 108 valence electrons. The molecule has 0 amide bonds. The van der Waals surface area contributed by atoms with Gasteiger partial charge in [0.25, 0.3) is 0 Å². The van der Waals surface area contributed by atoms with Gasteiger partial charge in [0.15, 0.2) is 0 Å². The van der Waals surface area contributed by atoms with Crippen molar-refractivity contribution in [1.29, 1.82) is 0 Å². The summed E-state index contributed by atoms with van der Waals surface area (Å²) in [5, 5.41) is 0. The first-order chi connectivity index (χ1) is 10.3. The highest BCUT2D eigenvalue weighted by Gasteiger charge is 2.24. The summed E-state index contributed by atoms with van der Waals surface area (Å²) < 4.78 is 5.78. The summed E-state index contributed by atoms with van der Waals surface area (Å²) in [6.45, 7) is 0. The first-order valence-electron chi connectivity index (χ1n) is 7.30. The topological polar surface area (TPSA) is 26.3 Å². The van der Waals surface area contributed by atoms with Crippen molar-refractivity contribution in [3.63, 3.8) is 0 Å². The Labute approximate surface area is 132 Å². The van der Waals surface area contributed by atoms with Crippen LogP contribution in [-0.4, -0.2) is 17.6 Å². The molecule has 1 saturated carbocycles. The molecule has 2 aliphatic rings. The Bertz CT molecular complexity index is 662. The third kappa shape index (κ3) is 2.87. The lowest BCUT2D eigenvalue weighted by Crippen LogP contribution is -2.01. The fourth-order valence-corrected chi connectivity index (χ4v) is 4.82. The zero-order chi connectivity index (χ0) is 14.2. The van der Waals surface area contributed by atoms with Crippen LogP contribution in [0.2, 0.25) is 0 Å². The van der Waals surface area contributed by atoms with Crippen LogP contribution in [0.25, 0.3) is 0 Å². The second-order valence-electron chi connectivity index (χ2n) is 5.54. The number of ketones is 1. The summed E-state index contributed by atoms with van der Waals surface area (Å²) in [6, 6.07) is 9.70. The van der Waals surface area contributed by atoms with E-state index in [-0.39, 0.29) is 5.78 Å². The molecule has 4 heteroatoms. The van der Waals surface area contributed by atoms with Crippen LogP contribution in [0.5, 0.6) is 5.75 Å². The Morgan fingerprint density at radius 3 is 2.95 bits per heavy atom. The number of carbonyl (C=O) groups is 1. The van der Waals surface area contributed by atoms with E-state index in [0.29, 0.717) is 6.10 Å². The molecule has 0 spiro atoms. The van der Waals surface area contributed by atoms with E-state index < -0.39 is 0 Å². The van der Waals surface area contributed by atoms with Crippen LogP contribution in [0, 0.1) is 0 Å². The molecule has 2 aromatic rings. The van der Waals surface area contributed by atoms with Gasteiger partial charge in [0, 0.05) is 16.2 Å². The molecule has 0 saturated heterocycles. The SMILES string of the molecule is O=C(c1cccc(OC2CC2)c1)c1cc2c(s1)CCSC2. The number of hydrogen-bond donors (Lipinski definition) is 0. The molecule has 0 unspecified atom stereocenters. The van der Waals surface area contributed by atoms with Gasteiger partial charge in [-0.2, -0.15) is 11.8 Å². The van der Waals surface area contributed by atoms with E-state index in [1.165, 1.54) is 16.2 Å². The van der Waals surface area contributed by atoms with Gasteiger partial charge in [-0.15, -0.1) is 11.3 Å². The average molecular weight is 316 g/mol. The number of carbonyl (C=O) groups excluding carboxylic acids is 1. The largest absolute Gasteiger partial charge is 0.490 e. The van der Waals surface area contributed by atoms with Gasteiger partial charge in [0.2, 0.25) is 5.78 Å². The highest BCUT2D eigenvalue weighted by Crippen LogP contribution is 2.33. The van der Waals surface area contributed by atoms with Crippen LogP contribution in [0.3, 0.4) is 0 Å². The van der Waals surface area contributed by atoms with Crippen LogP contribution < -0.4 is 4.74 Å². The van der Waals surface area contributed by atoms with Gasteiger partial charge in [0.05, 0.1) is 11.0 Å². The third-order valence-electron chi connectivity index (χ3n) is 3.77. The van der Waals surface area contributed by atoms with Gasteiger partial charge in [-0.3, -0.25) is 4.79 Å². The van der Waals surface area contributed by atoms with Crippen LogP contribution in [0.4, 0.5) is 0 Å². The maximum Gasteiger partial charge on any atom is 0.203 e. The number of aryl methyl sites for hydroxylation is 1. The molecule has 2 heterocycles. The molecule has 0 radical (unpaired) electrons. The summed E-state index contributed by atoms with van der Waals surface area (Å²) in [6.07, 6.45) is 3.73. The van der Waals surface area contributed by atoms with E-state index in [9.17, 15) is 4.79 Å². The Morgan fingerprint density at radius 2 is 2.14 bits per heavy atom. The summed E-state index contributed by atoms with van der Waals surface area (Å²) in [4.78, 5) is 14.9. The van der Waals surface area contributed by atoms with Gasteiger partial charge >= 0.3 is 0 Å². The number of benzene rings is 1. The molecule has 1 aromatic heterocycles. The van der Waals surface area contributed by atoms with Gasteiger partial charge in [-0.05, 0) is 48.8 Å². The molecule has 2 nitrogen and oxygen atoms in total. The predicted molar refractivity (Wildman–Crippen MR) is 87.7 cm³/mol. The van der Waals surface area contributed by atoms with E-state index in [1.54, 1.807) is 11.3 Å². The Morgan fingerprint density at radius 1 is 1.24 bits per heavy atom. The zero-order valence-corrected chi connectivity index (χ0v) is 13.3. The van der Waals surface area contributed by atoms with Crippen molar-refractivity contribution in [3.8, 4) is 5.75 Å². The quantitative estimate of drug-likeness (QED) is 0.786. The lowest BCUT2D eigenvalue weighted by Gasteiger charge is -2.08. The summed E-state index contributed by atoms with van der Waals surface area (Å²) in [5.41, 5.74) is 2.09. The normalized spacial score (nSPS) is 17.3. The Hall–Kier alpha value is -1.26. The lowest BCUT2D eigenvalue weighted by atomic mass is 10.1. The number of fused-ring (bicyclic) bond motifs is 1. The zero-order valence-electron chi connectivity index (χ0n) is 11.6. The van der Waals surface area contributed by atoms with Crippen molar-refractivity contribution in [2.75, 3.05) is 5.75 Å². The van der Waals surface area contributed by atoms with Crippen LogP contribution in [0.15, 0.2) is 30.3 Å². The number of rotatable bonds is 4. The highest BCUT2D eigenvalue weighted by molar-refractivity contribution is 7.98. The minimum Gasteiger partial charge on any atom is -0.490 e. The van der Waals surface area contributed by atoms with Crippen LogP contribution >= 0.6 is 23.1 Å². The fourth-order valence-electron chi connectivity index (χ4n) is 2.49. The van der Waals surface area contributed by atoms with Crippen molar-refractivity contribution in [2.24, 2.45) is 0 Å². The molecule has 1 aliphatic carbocycles. The Balaban J connectivity index is 1.59. The fraction of sp³-hybridized carbons (Fsp3) is 0.353. The average Bonchev–Trinajstić information content (AvgIpc) is 3.21. The Kier molecular flexibility index (Phi) is 3.51. The molecule has 0 N–H and O–H groups in total. The van der Waals surface area contributed by atoms with Crippen molar-refractivity contribution in [1.82, 2.24) is 0 Å². The van der Waals surface area contributed by atoms with Crippen molar-refractivity contribution < 1.29 is 9.53 Å². The predicted octanol–water partition coefficient (Wildman–Crippen LogP) is 4.31. The molecule has 21 heavy (non-hydrogen) atoms. The molecule has 4 rings (SSSR count). The lowest BCUT2D eigenvalue weighted by molar-refractivity contribution is 0.104. The third-order valence-corrected chi connectivity index (χ3v) is 6.02. The standard InChI is InChI=1S/C17H16O2S2/c18-17(16-9-12-10-20-7-6-15(12)21-16)11-2-1-3-14(8-11)19-13-4-5-13/h1-3,8-9,13H,4-7,10H2. The molecule has 1 fully saturated rings. The maximum absolute atomic E-state index is 12.7. The maximum atomic E-state index is 12.7. The first-order valence-corrected chi connectivity index (χ1v) is 9.27. The number of thioether (sulfide) groups is 1. The van der Waals surface area contributed by atoms with Crippen molar-refractivity contribution in [3.05, 3.63) is 51.2 Å². The van der Waals surface area contributed by atoms with E-state index in [1.807, 2.05) is 36.0 Å². The van der Waals surface area contributed by atoms with E-state index in [2.05, 4.69) is 6.07 Å². The monoisotopic (exact) mass is 316 g/mol. The second kappa shape index (κ2) is 5.50. The van der Waals surface area contributed by atoms with Gasteiger partial charge in [0.1, 0.15) is 5.75 Å². The van der Waals surface area contributed by atoms with Gasteiger partial charge in [-0.1, -0.05) is 12.1 Å². The first kappa shape index (κ1) is 13.4. The number of thiophene rings is 1. The highest BCUT2D eigenvalue weighted by atomic mass is 32.2. The minimum absolute atomic E-state index is 0.126. The summed E-state index contributed by atoms with van der Waals surface area (Å²) in [5.74, 6) is 3.16. The molecule has 0 atom stereocenters. The van der Waals surface area contributed by atoms with E-state index >= 15 is 0 Å². The van der Waals surface area contributed by atoms with Crippen molar-refractivity contribution in [2.45, 2.75) is 31.1 Å². The second-order valence-corrected chi connectivity index (χ2v) is 7.78. The molecular weight excluding hydrogens is 300 g/mol. The number of hydrogen-bond acceptors (Lipinski definition) is 4. The van der Waals surface area contributed by atoms with E-state index in [0.717, 1.165) is 41.2 Å². The van der Waals surface area contributed by atoms with E-state index in [4.69, 9.17) is 4.74 Å². The molecule has 1 aromatic carbocycles. The van der Waals surface area contributed by atoms with Crippen LogP contribution in [0.1, 0.15) is 38.5 Å². The van der Waals surface area contributed by atoms with Gasteiger partial charge in [-0.25, -0.2) is 0 Å². The van der Waals surface area contributed by atoms with Crippen molar-refractivity contribution >= 4 is 28.9 Å². The number of ether oxygens (including phenoxy) is 1. The molecule has 1 aliphatic heterocycles. The molecule has 0 bridgehead atoms.